The first kappa shape index (κ1) is 23.2. The zero-order valence-corrected chi connectivity index (χ0v) is 20.5. The Hall–Kier alpha value is -2.94. The Morgan fingerprint density at radius 2 is 1.06 bits per heavy atom. The highest BCUT2D eigenvalue weighted by molar-refractivity contribution is 7.92. The molecule has 4 rings (SSSR count). The molecule has 0 saturated carbocycles. The molecule has 0 heterocycles. The van der Waals surface area contributed by atoms with Crippen LogP contribution in [0.2, 0.25) is 0 Å². The molecule has 4 aromatic carbocycles. The van der Waals surface area contributed by atoms with Gasteiger partial charge in [0.05, 0.1) is 16.3 Å². The van der Waals surface area contributed by atoms with E-state index in [1.807, 2.05) is 92.7 Å². The lowest BCUT2D eigenvalue weighted by atomic mass is 10.2. The van der Waals surface area contributed by atoms with Gasteiger partial charge in [0.2, 0.25) is 0 Å². The van der Waals surface area contributed by atoms with Crippen LogP contribution in [0, 0.1) is 13.8 Å². The fourth-order valence-electron chi connectivity index (χ4n) is 4.06. The third-order valence-corrected chi connectivity index (χ3v) is 11.4. The van der Waals surface area contributed by atoms with Gasteiger partial charge >= 0.3 is 0 Å². The molecule has 0 radical (unpaired) electrons. The lowest BCUT2D eigenvalue weighted by Crippen LogP contribution is -2.26. The van der Waals surface area contributed by atoms with Crippen LogP contribution in [0.4, 0.5) is 0 Å². The summed E-state index contributed by atoms with van der Waals surface area (Å²) in [4.78, 5) is 0.241. The minimum absolute atomic E-state index is 0.241. The highest BCUT2D eigenvalue weighted by Gasteiger charge is 2.40. The summed E-state index contributed by atoms with van der Waals surface area (Å²) in [6.07, 6.45) is 0. The zero-order chi connectivity index (χ0) is 23.5. The van der Waals surface area contributed by atoms with Crippen molar-refractivity contribution in [2.75, 3.05) is 5.75 Å². The molecule has 0 N–H and O–H groups in total. The zero-order valence-electron chi connectivity index (χ0n) is 18.8. The summed E-state index contributed by atoms with van der Waals surface area (Å²) in [6.45, 7) is 3.96. The van der Waals surface area contributed by atoms with E-state index in [0.29, 0.717) is 10.6 Å². The van der Waals surface area contributed by atoms with E-state index in [1.165, 1.54) is 0 Å². The van der Waals surface area contributed by atoms with Crippen LogP contribution in [-0.4, -0.2) is 14.2 Å². The molecule has 0 amide bonds. The van der Waals surface area contributed by atoms with Gasteiger partial charge < -0.3 is 4.57 Å². The highest BCUT2D eigenvalue weighted by atomic mass is 32.2. The van der Waals surface area contributed by atoms with Crippen molar-refractivity contribution in [3.05, 3.63) is 126 Å². The van der Waals surface area contributed by atoms with Gasteiger partial charge in [-0.2, -0.15) is 0 Å². The van der Waals surface area contributed by atoms with E-state index >= 15 is 4.57 Å². The van der Waals surface area contributed by atoms with Crippen molar-refractivity contribution in [1.29, 1.82) is 0 Å². The Morgan fingerprint density at radius 3 is 1.52 bits per heavy atom. The van der Waals surface area contributed by atoms with Crippen LogP contribution in [0.3, 0.4) is 0 Å². The van der Waals surface area contributed by atoms with Gasteiger partial charge in [0.25, 0.3) is 0 Å². The van der Waals surface area contributed by atoms with Crippen LogP contribution in [0.25, 0.3) is 0 Å². The molecule has 1 unspecified atom stereocenters. The maximum absolute atomic E-state index is 15.2. The lowest BCUT2D eigenvalue weighted by Gasteiger charge is -2.29. The average molecular weight is 475 g/mol. The van der Waals surface area contributed by atoms with Gasteiger partial charge in [0.1, 0.15) is 0 Å². The maximum atomic E-state index is 15.2. The topological polar surface area (TPSA) is 51.2 Å². The normalized spacial score (nSPS) is 12.9. The lowest BCUT2D eigenvalue weighted by molar-refractivity contribution is 0.575. The Kier molecular flexibility index (Phi) is 6.69. The van der Waals surface area contributed by atoms with Gasteiger partial charge in [0, 0.05) is 10.6 Å². The summed E-state index contributed by atoms with van der Waals surface area (Å²) in [5.74, 6) is -0.250. The van der Waals surface area contributed by atoms with Gasteiger partial charge in [-0.3, -0.25) is 0 Å². The van der Waals surface area contributed by atoms with Crippen molar-refractivity contribution in [1.82, 2.24) is 0 Å². The van der Waals surface area contributed by atoms with Crippen molar-refractivity contribution in [2.24, 2.45) is 0 Å². The number of aryl methyl sites for hydroxylation is 2. The molecule has 168 valence electrons. The van der Waals surface area contributed by atoms with Crippen LogP contribution >= 0.6 is 7.14 Å². The Balaban J connectivity index is 1.95. The summed E-state index contributed by atoms with van der Waals surface area (Å²) >= 11 is 0. The summed E-state index contributed by atoms with van der Waals surface area (Å²) in [7, 11) is -7.09. The highest BCUT2D eigenvalue weighted by Crippen LogP contribution is 2.58. The van der Waals surface area contributed by atoms with Crippen molar-refractivity contribution >= 4 is 27.6 Å². The van der Waals surface area contributed by atoms with Crippen LogP contribution in [0.15, 0.2) is 114 Å². The molecular formula is C28H27O3PS. The van der Waals surface area contributed by atoms with E-state index in [2.05, 4.69) is 0 Å². The molecule has 1 atom stereocenters. The molecule has 0 aliphatic heterocycles. The van der Waals surface area contributed by atoms with Gasteiger partial charge in [-0.25, -0.2) is 8.42 Å². The molecule has 33 heavy (non-hydrogen) atoms. The molecule has 0 aliphatic carbocycles. The first-order valence-corrected chi connectivity index (χ1v) is 14.3. The molecular weight excluding hydrogens is 447 g/mol. The first-order chi connectivity index (χ1) is 15.8. The third kappa shape index (κ3) is 4.88. The maximum Gasteiger partial charge on any atom is 0.179 e. The summed E-state index contributed by atoms with van der Waals surface area (Å²) < 4.78 is 42.2. The average Bonchev–Trinajstić information content (AvgIpc) is 2.84. The second-order valence-electron chi connectivity index (χ2n) is 8.35. The number of hydrogen-bond acceptors (Lipinski definition) is 3. The second kappa shape index (κ2) is 9.51. The summed E-state index contributed by atoms with van der Waals surface area (Å²) in [5, 5.41) is 1.32. The minimum Gasteiger partial charge on any atom is -0.313 e. The third-order valence-electron chi connectivity index (χ3n) is 5.94. The van der Waals surface area contributed by atoms with E-state index in [1.54, 1.807) is 30.3 Å². The smallest absolute Gasteiger partial charge is 0.179 e. The van der Waals surface area contributed by atoms with Crippen molar-refractivity contribution < 1.29 is 13.0 Å². The van der Waals surface area contributed by atoms with E-state index < -0.39 is 22.6 Å². The monoisotopic (exact) mass is 474 g/mol. The Labute approximate surface area is 196 Å². The largest absolute Gasteiger partial charge is 0.313 e. The molecule has 0 bridgehead atoms. The summed E-state index contributed by atoms with van der Waals surface area (Å²) in [5.41, 5.74) is 2.14. The van der Waals surface area contributed by atoms with Gasteiger partial charge in [-0.05, 0) is 31.5 Å². The fourth-order valence-corrected chi connectivity index (χ4v) is 9.65. The summed E-state index contributed by atoms with van der Waals surface area (Å²) in [6, 6.07) is 33.0. The Bertz CT molecular complexity index is 1310. The van der Waals surface area contributed by atoms with Gasteiger partial charge in [0.15, 0.2) is 17.0 Å². The first-order valence-electron chi connectivity index (χ1n) is 10.9. The van der Waals surface area contributed by atoms with Crippen molar-refractivity contribution in [3.63, 3.8) is 0 Å². The molecule has 0 spiro atoms. The van der Waals surface area contributed by atoms with E-state index in [0.717, 1.165) is 16.7 Å². The molecule has 4 aromatic rings. The molecule has 0 aromatic heterocycles. The van der Waals surface area contributed by atoms with E-state index in [9.17, 15) is 8.42 Å². The van der Waals surface area contributed by atoms with E-state index in [4.69, 9.17) is 0 Å². The standard InChI is InChI=1S/C28H27O3PS/c1-22-13-17-25(18-14-22)32(29,26-19-15-23(2)16-20-26)28(24-9-5-3-6-10-24)21-33(30,31)27-11-7-4-8-12-27/h3-20,28H,21H2,1-2H3. The SMILES string of the molecule is Cc1ccc(P(=O)(c2ccc(C)cc2)C(CS(=O)(=O)c2ccccc2)c2ccccc2)cc1. The molecule has 5 heteroatoms. The second-order valence-corrected chi connectivity index (χ2v) is 13.4. The number of sulfone groups is 1. The van der Waals surface area contributed by atoms with Crippen LogP contribution < -0.4 is 10.6 Å². The molecule has 0 fully saturated rings. The van der Waals surface area contributed by atoms with Crippen molar-refractivity contribution in [3.8, 4) is 0 Å². The van der Waals surface area contributed by atoms with Crippen molar-refractivity contribution in [2.45, 2.75) is 24.4 Å². The Morgan fingerprint density at radius 1 is 0.636 bits per heavy atom. The predicted molar refractivity (Wildman–Crippen MR) is 137 cm³/mol. The molecule has 0 saturated heterocycles. The predicted octanol–water partition coefficient (Wildman–Crippen LogP) is 5.83. The fraction of sp³-hybridized carbons (Fsp3) is 0.143. The number of benzene rings is 4. The van der Waals surface area contributed by atoms with Crippen LogP contribution in [0.1, 0.15) is 22.3 Å². The minimum atomic E-state index is -3.70. The number of rotatable bonds is 7. The molecule has 3 nitrogen and oxygen atoms in total. The van der Waals surface area contributed by atoms with Gasteiger partial charge in [-0.1, -0.05) is 108 Å². The van der Waals surface area contributed by atoms with Gasteiger partial charge in [-0.15, -0.1) is 0 Å². The quantitative estimate of drug-likeness (QED) is 0.317. The molecule has 0 aliphatic rings. The van der Waals surface area contributed by atoms with Crippen LogP contribution in [0.5, 0.6) is 0 Å². The van der Waals surface area contributed by atoms with Crippen LogP contribution in [-0.2, 0) is 14.4 Å². The van der Waals surface area contributed by atoms with E-state index in [-0.39, 0.29) is 10.6 Å². The number of hydrogen-bond donors (Lipinski definition) is 0.